The Labute approximate surface area is 111 Å². The van der Waals surface area contributed by atoms with Gasteiger partial charge in [0, 0.05) is 11.1 Å². The highest BCUT2D eigenvalue weighted by Gasteiger charge is 2.15. The van der Waals surface area contributed by atoms with Gasteiger partial charge in [-0.2, -0.15) is 0 Å². The third kappa shape index (κ3) is 3.30. The van der Waals surface area contributed by atoms with Crippen LogP contribution in [-0.4, -0.2) is 26.7 Å². The van der Waals surface area contributed by atoms with Crippen molar-refractivity contribution >= 4 is 23.2 Å². The Hall–Kier alpha value is -1.88. The summed E-state index contributed by atoms with van der Waals surface area (Å²) in [6.45, 7) is 3.65. The van der Waals surface area contributed by atoms with Gasteiger partial charge in [0.25, 0.3) is 5.91 Å². The molecule has 0 fully saturated rings. The Morgan fingerprint density at radius 2 is 2.11 bits per heavy atom. The Morgan fingerprint density at radius 1 is 1.44 bits per heavy atom. The van der Waals surface area contributed by atoms with Crippen molar-refractivity contribution in [3.63, 3.8) is 0 Å². The van der Waals surface area contributed by atoms with Crippen molar-refractivity contribution in [2.75, 3.05) is 26.5 Å². The largest absolute Gasteiger partial charge is 0.497 e. The van der Waals surface area contributed by atoms with Crippen LogP contribution in [0, 0.1) is 0 Å². The van der Waals surface area contributed by atoms with Crippen molar-refractivity contribution in [1.29, 1.82) is 0 Å². The fourth-order valence-corrected chi connectivity index (χ4v) is 1.41. The van der Waals surface area contributed by atoms with Crippen LogP contribution < -0.4 is 20.5 Å². The van der Waals surface area contributed by atoms with Crippen molar-refractivity contribution < 1.29 is 14.3 Å². The predicted octanol–water partition coefficient (Wildman–Crippen LogP) is 1.77. The van der Waals surface area contributed by atoms with E-state index in [-0.39, 0.29) is 23.7 Å². The lowest BCUT2D eigenvalue weighted by Gasteiger charge is -2.12. The fraction of sp³-hybridized carbons (Fsp3) is 0.250. The van der Waals surface area contributed by atoms with Gasteiger partial charge in [-0.1, -0.05) is 18.2 Å². The van der Waals surface area contributed by atoms with Crippen molar-refractivity contribution in [3.05, 3.63) is 29.3 Å². The molecule has 5 nitrogen and oxygen atoms in total. The molecule has 3 N–H and O–H groups in total. The lowest BCUT2D eigenvalue weighted by atomic mass is 10.1. The maximum Gasteiger partial charge on any atom is 0.253 e. The lowest BCUT2D eigenvalue weighted by Crippen LogP contribution is -2.25. The van der Waals surface area contributed by atoms with Gasteiger partial charge in [-0.3, -0.25) is 4.79 Å². The van der Waals surface area contributed by atoms with E-state index < -0.39 is 0 Å². The molecule has 1 aromatic rings. The zero-order chi connectivity index (χ0) is 13.7. The van der Waals surface area contributed by atoms with Crippen LogP contribution in [0.15, 0.2) is 23.7 Å². The summed E-state index contributed by atoms with van der Waals surface area (Å²) in [5, 5.41) is 2.91. The minimum absolute atomic E-state index is 0.166. The predicted molar refractivity (Wildman–Crippen MR) is 71.3 cm³/mol. The van der Waals surface area contributed by atoms with Gasteiger partial charge in [-0.05, 0) is 6.07 Å². The number of amides is 1. The first kappa shape index (κ1) is 14.2. The van der Waals surface area contributed by atoms with Crippen LogP contribution in [0.2, 0.25) is 0 Å². The zero-order valence-electron chi connectivity index (χ0n) is 10.2. The van der Waals surface area contributed by atoms with Crippen LogP contribution in [0.1, 0.15) is 10.4 Å². The monoisotopic (exact) mass is 270 g/mol. The number of nitrogens with one attached hydrogen (secondary N) is 1. The Morgan fingerprint density at radius 3 is 2.61 bits per heavy atom. The molecule has 1 aromatic carbocycles. The number of hydrogen-bond acceptors (Lipinski definition) is 4. The van der Waals surface area contributed by atoms with Gasteiger partial charge in [0.05, 0.1) is 32.0 Å². The molecule has 98 valence electrons. The molecule has 1 amide bonds. The first-order chi connectivity index (χ1) is 8.49. The number of nitrogen functional groups attached to an aromatic ring is 1. The van der Waals surface area contributed by atoms with Crippen LogP contribution in [0.25, 0.3) is 0 Å². The molecule has 0 saturated heterocycles. The molecule has 0 atom stereocenters. The Kier molecular flexibility index (Phi) is 4.85. The lowest BCUT2D eigenvalue weighted by molar-refractivity contribution is 0.0958. The van der Waals surface area contributed by atoms with E-state index in [1.807, 2.05) is 0 Å². The van der Waals surface area contributed by atoms with E-state index in [4.69, 9.17) is 26.8 Å². The van der Waals surface area contributed by atoms with E-state index in [2.05, 4.69) is 11.9 Å². The number of carbonyl (C=O) groups is 1. The Bertz CT molecular complexity index is 475. The summed E-state index contributed by atoms with van der Waals surface area (Å²) in [4.78, 5) is 11.9. The van der Waals surface area contributed by atoms with E-state index in [0.717, 1.165) is 0 Å². The molecule has 0 aliphatic rings. The molecule has 0 aromatic heterocycles. The van der Waals surface area contributed by atoms with Gasteiger partial charge in [0.15, 0.2) is 0 Å². The highest BCUT2D eigenvalue weighted by Crippen LogP contribution is 2.30. The van der Waals surface area contributed by atoms with Crippen LogP contribution in [0.4, 0.5) is 5.69 Å². The summed E-state index contributed by atoms with van der Waals surface area (Å²) in [7, 11) is 2.96. The molecule has 6 heteroatoms. The molecule has 0 saturated carbocycles. The number of methoxy groups -OCH3 is 2. The van der Waals surface area contributed by atoms with E-state index in [1.54, 1.807) is 6.07 Å². The molecular formula is C12H15ClN2O3. The average molecular weight is 271 g/mol. The van der Waals surface area contributed by atoms with Crippen molar-refractivity contribution in [2.24, 2.45) is 0 Å². The average Bonchev–Trinajstić information content (AvgIpc) is 2.36. The summed E-state index contributed by atoms with van der Waals surface area (Å²) in [5.74, 6) is 0.492. The normalized spacial score (nSPS) is 9.72. The maximum atomic E-state index is 11.9. The topological polar surface area (TPSA) is 73.6 Å². The van der Waals surface area contributed by atoms with Crippen molar-refractivity contribution in [3.8, 4) is 11.5 Å². The molecular weight excluding hydrogens is 256 g/mol. The standard InChI is InChI=1S/C12H15ClN2O3/c1-7(13)6-15-12(16)9-4-8(17-2)5-10(18-3)11(9)14/h4-5H,1,6,14H2,2-3H3,(H,15,16). The second-order valence-electron chi connectivity index (χ2n) is 3.49. The SMILES string of the molecule is C=C(Cl)CNC(=O)c1cc(OC)cc(OC)c1N. The number of anilines is 1. The number of benzene rings is 1. The quantitative estimate of drug-likeness (QED) is 0.800. The first-order valence-corrected chi connectivity index (χ1v) is 5.50. The summed E-state index contributed by atoms with van der Waals surface area (Å²) in [6.07, 6.45) is 0. The van der Waals surface area contributed by atoms with E-state index in [9.17, 15) is 4.79 Å². The summed E-state index contributed by atoms with van der Waals surface area (Å²) < 4.78 is 10.1. The number of ether oxygens (including phenoxy) is 2. The van der Waals surface area contributed by atoms with Gasteiger partial charge in [-0.15, -0.1) is 0 Å². The van der Waals surface area contributed by atoms with Crippen LogP contribution in [-0.2, 0) is 0 Å². The second kappa shape index (κ2) is 6.16. The van der Waals surface area contributed by atoms with Crippen molar-refractivity contribution in [1.82, 2.24) is 5.32 Å². The molecule has 0 bridgehead atoms. The van der Waals surface area contributed by atoms with Crippen LogP contribution in [0.3, 0.4) is 0 Å². The summed E-state index contributed by atoms with van der Waals surface area (Å²) >= 11 is 5.58. The number of halogens is 1. The number of carbonyl (C=O) groups excluding carboxylic acids is 1. The van der Waals surface area contributed by atoms with Gasteiger partial charge in [-0.25, -0.2) is 0 Å². The smallest absolute Gasteiger partial charge is 0.253 e. The first-order valence-electron chi connectivity index (χ1n) is 5.12. The Balaban J connectivity index is 3.06. The molecule has 0 heterocycles. The zero-order valence-corrected chi connectivity index (χ0v) is 11.0. The summed E-state index contributed by atoms with van der Waals surface area (Å²) in [5.41, 5.74) is 6.34. The van der Waals surface area contributed by atoms with E-state index in [0.29, 0.717) is 16.5 Å². The van der Waals surface area contributed by atoms with Crippen LogP contribution in [0.5, 0.6) is 11.5 Å². The van der Waals surface area contributed by atoms with Gasteiger partial charge < -0.3 is 20.5 Å². The van der Waals surface area contributed by atoms with Crippen LogP contribution >= 0.6 is 11.6 Å². The van der Waals surface area contributed by atoms with Gasteiger partial charge in [0.1, 0.15) is 11.5 Å². The maximum absolute atomic E-state index is 11.9. The molecule has 0 aliphatic carbocycles. The fourth-order valence-electron chi connectivity index (χ4n) is 1.35. The minimum atomic E-state index is -0.369. The molecule has 0 aliphatic heterocycles. The highest BCUT2D eigenvalue weighted by atomic mass is 35.5. The molecule has 0 spiro atoms. The number of nitrogens with two attached hydrogens (primary N) is 1. The van der Waals surface area contributed by atoms with E-state index >= 15 is 0 Å². The third-order valence-electron chi connectivity index (χ3n) is 2.26. The van der Waals surface area contributed by atoms with Gasteiger partial charge >= 0.3 is 0 Å². The minimum Gasteiger partial charge on any atom is -0.497 e. The highest BCUT2D eigenvalue weighted by molar-refractivity contribution is 6.29. The van der Waals surface area contributed by atoms with Gasteiger partial charge in [0.2, 0.25) is 0 Å². The molecule has 1 rings (SSSR count). The number of rotatable bonds is 5. The molecule has 0 radical (unpaired) electrons. The number of hydrogen-bond donors (Lipinski definition) is 2. The van der Waals surface area contributed by atoms with E-state index in [1.165, 1.54) is 20.3 Å². The van der Waals surface area contributed by atoms with Crippen molar-refractivity contribution in [2.45, 2.75) is 0 Å². The summed E-state index contributed by atoms with van der Waals surface area (Å²) in [6, 6.07) is 3.14. The molecule has 18 heavy (non-hydrogen) atoms. The second-order valence-corrected chi connectivity index (χ2v) is 4.03. The molecule has 0 unspecified atom stereocenters. The third-order valence-corrected chi connectivity index (χ3v) is 2.39.